The van der Waals surface area contributed by atoms with Crippen molar-refractivity contribution < 1.29 is 0 Å². The minimum absolute atomic E-state index is 0.679. The topological polar surface area (TPSA) is 28.2 Å². The van der Waals surface area contributed by atoms with E-state index in [1.165, 1.54) is 12.8 Å². The van der Waals surface area contributed by atoms with Gasteiger partial charge < -0.3 is 10.2 Å². The van der Waals surface area contributed by atoms with Crippen LogP contribution in [-0.2, 0) is 6.54 Å². The minimum Gasteiger partial charge on any atom is -0.348 e. The van der Waals surface area contributed by atoms with Crippen LogP contribution in [0.25, 0.3) is 0 Å². The quantitative estimate of drug-likeness (QED) is 0.740. The maximum Gasteiger partial charge on any atom is 0.147 e. The van der Waals surface area contributed by atoms with Gasteiger partial charge in [-0.3, -0.25) is 0 Å². The van der Waals surface area contributed by atoms with Crippen LogP contribution in [0.4, 0.5) is 5.82 Å². The van der Waals surface area contributed by atoms with Crippen molar-refractivity contribution in [2.24, 2.45) is 0 Å². The molecule has 1 N–H and O–H groups in total. The summed E-state index contributed by atoms with van der Waals surface area (Å²) in [6, 6.07) is 2.68. The van der Waals surface area contributed by atoms with Gasteiger partial charge in [0.2, 0.25) is 0 Å². The smallest absolute Gasteiger partial charge is 0.147 e. The fourth-order valence-electron chi connectivity index (χ4n) is 1.91. The lowest BCUT2D eigenvalue weighted by Crippen LogP contribution is -2.24. The number of halogens is 1. The Kier molecular flexibility index (Phi) is 5.00. The van der Waals surface area contributed by atoms with E-state index in [0.29, 0.717) is 24.2 Å². The van der Waals surface area contributed by atoms with Crippen LogP contribution >= 0.6 is 11.6 Å². The summed E-state index contributed by atoms with van der Waals surface area (Å²) in [7, 11) is 0. The summed E-state index contributed by atoms with van der Waals surface area (Å²) in [6.45, 7) is 9.76. The van der Waals surface area contributed by atoms with Crippen LogP contribution in [0.3, 0.4) is 0 Å². The highest BCUT2D eigenvalue weighted by atomic mass is 35.5. The molecule has 19 heavy (non-hydrogen) atoms. The highest BCUT2D eigenvalue weighted by molar-refractivity contribution is 6.33. The van der Waals surface area contributed by atoms with Crippen LogP contribution in [0.1, 0.15) is 18.4 Å². The van der Waals surface area contributed by atoms with E-state index in [4.69, 9.17) is 11.6 Å². The highest BCUT2D eigenvalue weighted by Crippen LogP contribution is 2.25. The molecule has 1 aliphatic carbocycles. The number of pyridine rings is 1. The Morgan fingerprint density at radius 3 is 2.58 bits per heavy atom. The summed E-state index contributed by atoms with van der Waals surface area (Å²) in [5, 5.41) is 4.13. The summed E-state index contributed by atoms with van der Waals surface area (Å²) in [4.78, 5) is 6.51. The number of hydrogen-bond donors (Lipinski definition) is 1. The fraction of sp³-hybridized carbons (Fsp3) is 0.400. The molecule has 3 nitrogen and oxygen atoms in total. The Labute approximate surface area is 120 Å². The lowest BCUT2D eigenvalue weighted by atomic mass is 10.2. The van der Waals surface area contributed by atoms with E-state index in [1.807, 2.05) is 29.3 Å². The van der Waals surface area contributed by atoms with Gasteiger partial charge in [0.1, 0.15) is 5.82 Å². The average molecular weight is 278 g/mol. The SMILES string of the molecule is C=CCN(CC=C)c1ncc(CNC2CC2)cc1Cl. The fourth-order valence-corrected chi connectivity index (χ4v) is 2.22. The standard InChI is InChI=1S/C15H20ClN3/c1-3-7-19(8-4-2)15-14(16)9-12(11-18-15)10-17-13-5-6-13/h3-4,9,11,13,17H,1-2,5-8,10H2. The minimum atomic E-state index is 0.679. The molecule has 0 aromatic carbocycles. The number of aromatic nitrogens is 1. The second kappa shape index (κ2) is 6.73. The molecule has 0 radical (unpaired) electrons. The number of hydrogen-bond acceptors (Lipinski definition) is 3. The lowest BCUT2D eigenvalue weighted by molar-refractivity contribution is 0.685. The molecule has 0 atom stereocenters. The number of nitrogens with zero attached hydrogens (tertiary/aromatic N) is 2. The summed E-state index contributed by atoms with van der Waals surface area (Å²) < 4.78 is 0. The average Bonchev–Trinajstić information content (AvgIpc) is 3.20. The van der Waals surface area contributed by atoms with Gasteiger partial charge in [-0.15, -0.1) is 13.2 Å². The first-order valence-corrected chi connectivity index (χ1v) is 6.97. The highest BCUT2D eigenvalue weighted by Gasteiger charge is 2.20. The molecule has 2 rings (SSSR count). The second-order valence-corrected chi connectivity index (χ2v) is 5.19. The Morgan fingerprint density at radius 1 is 1.37 bits per heavy atom. The molecule has 1 fully saturated rings. The lowest BCUT2D eigenvalue weighted by Gasteiger charge is -2.21. The van der Waals surface area contributed by atoms with Crippen molar-refractivity contribution in [3.05, 3.63) is 48.2 Å². The van der Waals surface area contributed by atoms with E-state index < -0.39 is 0 Å². The number of nitrogens with one attached hydrogen (secondary N) is 1. The molecule has 0 unspecified atom stereocenters. The Morgan fingerprint density at radius 2 is 2.05 bits per heavy atom. The Bertz CT molecular complexity index is 445. The molecule has 0 amide bonds. The van der Waals surface area contributed by atoms with Gasteiger partial charge in [-0.1, -0.05) is 23.8 Å². The molecule has 1 heterocycles. The van der Waals surface area contributed by atoms with Gasteiger partial charge in [-0.05, 0) is 24.5 Å². The largest absolute Gasteiger partial charge is 0.348 e. The van der Waals surface area contributed by atoms with Gasteiger partial charge >= 0.3 is 0 Å². The first-order chi connectivity index (χ1) is 9.24. The van der Waals surface area contributed by atoms with Crippen LogP contribution in [0.15, 0.2) is 37.6 Å². The Hall–Kier alpha value is -1.32. The molecule has 0 saturated heterocycles. The molecule has 4 heteroatoms. The van der Waals surface area contributed by atoms with Crippen molar-refractivity contribution in [3.63, 3.8) is 0 Å². The van der Waals surface area contributed by atoms with Gasteiger partial charge in [0.15, 0.2) is 0 Å². The summed E-state index contributed by atoms with van der Waals surface area (Å²) in [5.74, 6) is 0.789. The normalized spacial score (nSPS) is 14.2. The molecule has 1 aromatic rings. The molecule has 0 spiro atoms. The van der Waals surface area contributed by atoms with Crippen molar-refractivity contribution in [1.82, 2.24) is 10.3 Å². The number of rotatable bonds is 8. The van der Waals surface area contributed by atoms with Gasteiger partial charge in [0, 0.05) is 31.9 Å². The maximum absolute atomic E-state index is 6.33. The molecule has 1 saturated carbocycles. The van der Waals surface area contributed by atoms with Crippen LogP contribution < -0.4 is 10.2 Å². The molecule has 1 aromatic heterocycles. The monoisotopic (exact) mass is 277 g/mol. The van der Waals surface area contributed by atoms with Crippen LogP contribution in [0.2, 0.25) is 5.02 Å². The third-order valence-electron chi connectivity index (χ3n) is 3.05. The molecular formula is C15H20ClN3. The maximum atomic E-state index is 6.33. The zero-order valence-corrected chi connectivity index (χ0v) is 11.9. The molecule has 102 valence electrons. The van der Waals surface area contributed by atoms with E-state index >= 15 is 0 Å². The van der Waals surface area contributed by atoms with Crippen LogP contribution in [0.5, 0.6) is 0 Å². The summed E-state index contributed by atoms with van der Waals surface area (Å²) in [6.07, 6.45) is 8.13. The van der Waals surface area contributed by atoms with Crippen LogP contribution in [-0.4, -0.2) is 24.1 Å². The first kappa shape index (κ1) is 14.1. The first-order valence-electron chi connectivity index (χ1n) is 6.59. The molecule has 0 aliphatic heterocycles. The van der Waals surface area contributed by atoms with E-state index in [1.54, 1.807) is 0 Å². The van der Waals surface area contributed by atoms with Crippen molar-refractivity contribution in [2.75, 3.05) is 18.0 Å². The van der Waals surface area contributed by atoms with Crippen molar-refractivity contribution in [3.8, 4) is 0 Å². The van der Waals surface area contributed by atoms with Gasteiger partial charge in [-0.25, -0.2) is 4.98 Å². The van der Waals surface area contributed by atoms with Crippen molar-refractivity contribution in [1.29, 1.82) is 0 Å². The summed E-state index contributed by atoms with van der Waals surface area (Å²) in [5.41, 5.74) is 1.12. The van der Waals surface area contributed by atoms with Crippen molar-refractivity contribution in [2.45, 2.75) is 25.4 Å². The predicted molar refractivity (Wildman–Crippen MR) is 81.7 cm³/mol. The molecule has 1 aliphatic rings. The van der Waals surface area contributed by atoms with E-state index in [2.05, 4.69) is 23.5 Å². The zero-order chi connectivity index (χ0) is 13.7. The van der Waals surface area contributed by atoms with E-state index in [-0.39, 0.29) is 0 Å². The molecular weight excluding hydrogens is 258 g/mol. The summed E-state index contributed by atoms with van der Waals surface area (Å²) >= 11 is 6.33. The van der Waals surface area contributed by atoms with Crippen LogP contribution in [0, 0.1) is 0 Å². The van der Waals surface area contributed by atoms with Gasteiger partial charge in [0.05, 0.1) is 5.02 Å². The van der Waals surface area contributed by atoms with E-state index in [0.717, 1.165) is 17.9 Å². The number of anilines is 1. The zero-order valence-electron chi connectivity index (χ0n) is 11.1. The third-order valence-corrected chi connectivity index (χ3v) is 3.33. The van der Waals surface area contributed by atoms with Crippen molar-refractivity contribution >= 4 is 17.4 Å². The second-order valence-electron chi connectivity index (χ2n) is 4.79. The van der Waals surface area contributed by atoms with Gasteiger partial charge in [-0.2, -0.15) is 0 Å². The predicted octanol–water partition coefficient (Wildman–Crippen LogP) is 3.17. The molecule has 0 bridgehead atoms. The van der Waals surface area contributed by atoms with E-state index in [9.17, 15) is 0 Å². The van der Waals surface area contributed by atoms with Gasteiger partial charge in [0.25, 0.3) is 0 Å². The Balaban J connectivity index is 2.06. The third kappa shape index (κ3) is 4.08.